The molecular formula is C17H14F2N4O. The summed E-state index contributed by atoms with van der Waals surface area (Å²) in [6.07, 6.45) is 1.75. The second kappa shape index (κ2) is 6.99. The van der Waals surface area contributed by atoms with Crippen molar-refractivity contribution in [2.75, 3.05) is 6.54 Å². The van der Waals surface area contributed by atoms with E-state index in [9.17, 15) is 13.6 Å². The van der Waals surface area contributed by atoms with Crippen LogP contribution in [0.25, 0.3) is 11.3 Å². The zero-order chi connectivity index (χ0) is 16.9. The fraction of sp³-hybridized carbons (Fsp3) is 0.118. The standard InChI is InChI=1S/C17H14F2N4O/c18-14-8-4-7-13(16(14)19)17(24)20-9-10-23-11-15(21-22-23)12-5-2-1-3-6-12/h1-8,11H,9-10H2,(H,20,24). The molecular weight excluding hydrogens is 314 g/mol. The van der Waals surface area contributed by atoms with Gasteiger partial charge in [0.1, 0.15) is 5.69 Å². The van der Waals surface area contributed by atoms with Crippen molar-refractivity contribution in [2.45, 2.75) is 6.54 Å². The van der Waals surface area contributed by atoms with Crippen molar-refractivity contribution in [3.05, 3.63) is 71.9 Å². The minimum atomic E-state index is -1.15. The minimum absolute atomic E-state index is 0.215. The number of halogens is 2. The third-order valence-electron chi connectivity index (χ3n) is 3.43. The molecule has 0 spiro atoms. The highest BCUT2D eigenvalue weighted by atomic mass is 19.2. The van der Waals surface area contributed by atoms with Gasteiger partial charge in [-0.25, -0.2) is 8.78 Å². The minimum Gasteiger partial charge on any atom is -0.350 e. The van der Waals surface area contributed by atoms with E-state index < -0.39 is 17.5 Å². The van der Waals surface area contributed by atoms with Crippen LogP contribution in [0.15, 0.2) is 54.7 Å². The summed E-state index contributed by atoms with van der Waals surface area (Å²) in [5.41, 5.74) is 1.34. The number of rotatable bonds is 5. The lowest BCUT2D eigenvalue weighted by Crippen LogP contribution is -2.28. The molecule has 2 aromatic carbocycles. The highest BCUT2D eigenvalue weighted by Gasteiger charge is 2.14. The lowest BCUT2D eigenvalue weighted by Gasteiger charge is -2.06. The number of amides is 1. The first-order valence-corrected chi connectivity index (χ1v) is 7.33. The zero-order valence-electron chi connectivity index (χ0n) is 12.6. The van der Waals surface area contributed by atoms with Crippen molar-refractivity contribution in [3.63, 3.8) is 0 Å². The van der Waals surface area contributed by atoms with Gasteiger partial charge in [-0.15, -0.1) is 5.10 Å². The average Bonchev–Trinajstić information content (AvgIpc) is 3.07. The molecule has 3 rings (SSSR count). The molecule has 0 saturated carbocycles. The maximum atomic E-state index is 13.5. The fourth-order valence-corrected chi connectivity index (χ4v) is 2.21. The molecule has 122 valence electrons. The quantitative estimate of drug-likeness (QED) is 0.783. The molecule has 0 aliphatic heterocycles. The zero-order valence-corrected chi connectivity index (χ0v) is 12.6. The van der Waals surface area contributed by atoms with Gasteiger partial charge >= 0.3 is 0 Å². The Bertz CT molecular complexity index is 849. The van der Waals surface area contributed by atoms with Gasteiger partial charge in [-0.3, -0.25) is 9.48 Å². The number of hydrogen-bond acceptors (Lipinski definition) is 3. The highest BCUT2D eigenvalue weighted by molar-refractivity contribution is 5.94. The number of hydrogen-bond donors (Lipinski definition) is 1. The van der Waals surface area contributed by atoms with E-state index in [4.69, 9.17) is 0 Å². The molecule has 3 aromatic rings. The van der Waals surface area contributed by atoms with E-state index in [-0.39, 0.29) is 12.1 Å². The SMILES string of the molecule is O=C(NCCn1cc(-c2ccccc2)nn1)c1cccc(F)c1F. The second-order valence-corrected chi connectivity index (χ2v) is 5.09. The first kappa shape index (κ1) is 15.8. The first-order chi connectivity index (χ1) is 11.6. The van der Waals surface area contributed by atoms with Crippen molar-refractivity contribution in [3.8, 4) is 11.3 Å². The van der Waals surface area contributed by atoms with E-state index in [2.05, 4.69) is 15.6 Å². The Balaban J connectivity index is 1.58. The lowest BCUT2D eigenvalue weighted by molar-refractivity contribution is 0.0946. The van der Waals surface area contributed by atoms with Gasteiger partial charge in [-0.1, -0.05) is 41.6 Å². The molecule has 0 radical (unpaired) electrons. The van der Waals surface area contributed by atoms with Crippen molar-refractivity contribution >= 4 is 5.91 Å². The monoisotopic (exact) mass is 328 g/mol. The molecule has 5 nitrogen and oxygen atoms in total. The number of nitrogens with zero attached hydrogens (tertiary/aromatic N) is 3. The Kier molecular flexibility index (Phi) is 4.60. The Hall–Kier alpha value is -3.09. The van der Waals surface area contributed by atoms with Crippen LogP contribution in [0.2, 0.25) is 0 Å². The van der Waals surface area contributed by atoms with Crippen LogP contribution in [-0.2, 0) is 6.54 Å². The van der Waals surface area contributed by atoms with Crippen LogP contribution in [0.4, 0.5) is 8.78 Å². The fourth-order valence-electron chi connectivity index (χ4n) is 2.21. The van der Waals surface area contributed by atoms with Crippen molar-refractivity contribution in [2.24, 2.45) is 0 Å². The molecule has 0 bridgehead atoms. The third kappa shape index (κ3) is 3.45. The number of carbonyl (C=O) groups is 1. The molecule has 24 heavy (non-hydrogen) atoms. The van der Waals surface area contributed by atoms with Crippen LogP contribution in [0.1, 0.15) is 10.4 Å². The van der Waals surface area contributed by atoms with Gasteiger partial charge in [0.2, 0.25) is 0 Å². The van der Waals surface area contributed by atoms with Gasteiger partial charge in [0.05, 0.1) is 18.3 Å². The lowest BCUT2D eigenvalue weighted by atomic mass is 10.2. The topological polar surface area (TPSA) is 59.8 Å². The van der Waals surface area contributed by atoms with E-state index in [1.165, 1.54) is 12.1 Å². The summed E-state index contributed by atoms with van der Waals surface area (Å²) in [7, 11) is 0. The molecule has 1 N–H and O–H groups in total. The summed E-state index contributed by atoms with van der Waals surface area (Å²) in [6, 6.07) is 13.0. The van der Waals surface area contributed by atoms with Crippen LogP contribution in [0.3, 0.4) is 0 Å². The maximum absolute atomic E-state index is 13.5. The average molecular weight is 328 g/mol. The number of nitrogens with one attached hydrogen (secondary N) is 1. The molecule has 0 atom stereocenters. The van der Waals surface area contributed by atoms with Crippen LogP contribution < -0.4 is 5.32 Å². The Morgan fingerprint density at radius 3 is 2.67 bits per heavy atom. The molecule has 1 aromatic heterocycles. The number of benzene rings is 2. The number of carbonyl (C=O) groups excluding carboxylic acids is 1. The second-order valence-electron chi connectivity index (χ2n) is 5.09. The highest BCUT2D eigenvalue weighted by Crippen LogP contribution is 2.14. The maximum Gasteiger partial charge on any atom is 0.254 e. The largest absolute Gasteiger partial charge is 0.350 e. The van der Waals surface area contributed by atoms with Gasteiger partial charge in [-0.2, -0.15) is 0 Å². The molecule has 0 aliphatic carbocycles. The summed E-state index contributed by atoms with van der Waals surface area (Å²) in [4.78, 5) is 11.9. The molecule has 7 heteroatoms. The summed E-state index contributed by atoms with van der Waals surface area (Å²) in [5, 5.41) is 10.6. The number of aromatic nitrogens is 3. The van der Waals surface area contributed by atoms with Crippen molar-refractivity contribution in [1.29, 1.82) is 0 Å². The van der Waals surface area contributed by atoms with E-state index in [1.54, 1.807) is 10.9 Å². The van der Waals surface area contributed by atoms with Crippen LogP contribution >= 0.6 is 0 Å². The van der Waals surface area contributed by atoms with Crippen LogP contribution in [-0.4, -0.2) is 27.4 Å². The van der Waals surface area contributed by atoms with Gasteiger partial charge in [0.15, 0.2) is 11.6 Å². The van der Waals surface area contributed by atoms with Crippen molar-refractivity contribution < 1.29 is 13.6 Å². The van der Waals surface area contributed by atoms with Gasteiger partial charge in [0.25, 0.3) is 5.91 Å². The summed E-state index contributed by atoms with van der Waals surface area (Å²) in [6.45, 7) is 0.578. The summed E-state index contributed by atoms with van der Waals surface area (Å²) >= 11 is 0. The van der Waals surface area contributed by atoms with Gasteiger partial charge in [0, 0.05) is 12.1 Å². The molecule has 1 heterocycles. The van der Waals surface area contributed by atoms with Crippen molar-refractivity contribution in [1.82, 2.24) is 20.3 Å². The molecule has 0 fully saturated rings. The summed E-state index contributed by atoms with van der Waals surface area (Å²) < 4.78 is 28.2. The smallest absolute Gasteiger partial charge is 0.254 e. The molecule has 0 unspecified atom stereocenters. The third-order valence-corrected chi connectivity index (χ3v) is 3.43. The Morgan fingerprint density at radius 1 is 1.08 bits per heavy atom. The van der Waals surface area contributed by atoms with Gasteiger partial charge < -0.3 is 5.32 Å². The Morgan fingerprint density at radius 2 is 1.88 bits per heavy atom. The Labute approximate surface area is 136 Å². The molecule has 0 aliphatic rings. The molecule has 0 saturated heterocycles. The predicted molar refractivity (Wildman–Crippen MR) is 84.1 cm³/mol. The van der Waals surface area contributed by atoms with E-state index in [0.29, 0.717) is 6.54 Å². The van der Waals surface area contributed by atoms with E-state index in [1.807, 2.05) is 30.3 Å². The first-order valence-electron chi connectivity index (χ1n) is 7.33. The van der Waals surface area contributed by atoms with E-state index in [0.717, 1.165) is 17.3 Å². The predicted octanol–water partition coefficient (Wildman–Crippen LogP) is 2.65. The summed E-state index contributed by atoms with van der Waals surface area (Å²) in [5.74, 6) is -2.87. The normalized spacial score (nSPS) is 10.6. The van der Waals surface area contributed by atoms with Gasteiger partial charge in [-0.05, 0) is 12.1 Å². The van der Waals surface area contributed by atoms with Crippen LogP contribution in [0, 0.1) is 11.6 Å². The van der Waals surface area contributed by atoms with E-state index >= 15 is 0 Å². The van der Waals surface area contributed by atoms with Crippen LogP contribution in [0.5, 0.6) is 0 Å². The molecule has 1 amide bonds.